The molecule has 0 heterocycles. The van der Waals surface area contributed by atoms with Crippen LogP contribution in [0.5, 0.6) is 5.75 Å². The van der Waals surface area contributed by atoms with Gasteiger partial charge in [-0.25, -0.2) is 4.79 Å². The summed E-state index contributed by atoms with van der Waals surface area (Å²) in [5.41, 5.74) is 2.30. The number of carbonyl (C=O) groups is 1. The molecule has 0 spiro atoms. The number of nitriles is 1. The molecule has 1 aliphatic carbocycles. The largest absolute Gasteiger partial charge is 0.423 e. The number of esters is 1. The minimum absolute atomic E-state index is 0.383. The Balaban J connectivity index is 1.37. The Morgan fingerprint density at radius 2 is 1.75 bits per heavy atom. The molecule has 1 saturated carbocycles. The fraction of sp³-hybridized carbons (Fsp3) is 0.448. The van der Waals surface area contributed by atoms with Gasteiger partial charge in [-0.3, -0.25) is 0 Å². The molecule has 0 aliphatic heterocycles. The second-order valence-electron chi connectivity index (χ2n) is 8.97. The average Bonchev–Trinajstić information content (AvgIpc) is 2.84. The summed E-state index contributed by atoms with van der Waals surface area (Å²) in [5.74, 6) is 1.79. The average molecular weight is 430 g/mol. The second kappa shape index (κ2) is 12.9. The van der Waals surface area contributed by atoms with Crippen molar-refractivity contribution in [3.05, 3.63) is 77.4 Å². The molecule has 0 bridgehead atoms. The number of carbonyl (C=O) groups excluding carboxylic acids is 1. The van der Waals surface area contributed by atoms with Gasteiger partial charge >= 0.3 is 5.97 Å². The fourth-order valence-electron chi connectivity index (χ4n) is 4.46. The maximum atomic E-state index is 12.3. The van der Waals surface area contributed by atoms with E-state index in [2.05, 4.69) is 19.1 Å². The molecule has 0 aromatic heterocycles. The van der Waals surface area contributed by atoms with Crippen molar-refractivity contribution in [2.45, 2.75) is 71.1 Å². The normalized spacial score (nSPS) is 18.4. The van der Waals surface area contributed by atoms with Crippen LogP contribution in [0.2, 0.25) is 0 Å². The molecule has 0 atom stereocenters. The van der Waals surface area contributed by atoms with Crippen LogP contribution >= 0.6 is 0 Å². The van der Waals surface area contributed by atoms with Crippen molar-refractivity contribution < 1.29 is 9.53 Å². The summed E-state index contributed by atoms with van der Waals surface area (Å²) in [7, 11) is 0. The van der Waals surface area contributed by atoms with Gasteiger partial charge in [0, 0.05) is 0 Å². The van der Waals surface area contributed by atoms with E-state index < -0.39 is 0 Å². The molecule has 0 unspecified atom stereocenters. The number of aryl methyl sites for hydroxylation is 1. The molecule has 2 aromatic carbocycles. The molecule has 1 fully saturated rings. The number of benzene rings is 2. The number of ether oxygens (including phenoxy) is 1. The van der Waals surface area contributed by atoms with Gasteiger partial charge in [0.25, 0.3) is 0 Å². The third kappa shape index (κ3) is 7.68. The lowest BCUT2D eigenvalue weighted by atomic mass is 9.79. The summed E-state index contributed by atoms with van der Waals surface area (Å²) in [6, 6.07) is 16.3. The predicted molar refractivity (Wildman–Crippen MR) is 130 cm³/mol. The molecule has 2 aromatic rings. The smallest absolute Gasteiger partial charge is 0.343 e. The fourth-order valence-corrected chi connectivity index (χ4v) is 4.46. The van der Waals surface area contributed by atoms with E-state index in [1.807, 2.05) is 30.3 Å². The van der Waals surface area contributed by atoms with Crippen LogP contribution in [0.15, 0.2) is 60.7 Å². The summed E-state index contributed by atoms with van der Waals surface area (Å²) in [6.45, 7) is 2.28. The standard InChI is InChI=1S/C29H35NO2/c1-2-3-4-7-23-10-12-24(13-11-23)8-5-6-9-25-14-18-27(19-15-25)29(31)32-28-20-16-26(22-30)17-21-28/h5,8,14-21,23-24H,2-4,6-7,9-13H2,1H3/b8-5+/t23-,24-. The van der Waals surface area contributed by atoms with Crippen molar-refractivity contribution in [3.63, 3.8) is 0 Å². The Morgan fingerprint density at radius 1 is 1.03 bits per heavy atom. The van der Waals surface area contributed by atoms with Crippen molar-refractivity contribution in [1.29, 1.82) is 5.26 Å². The Morgan fingerprint density at radius 3 is 2.41 bits per heavy atom. The predicted octanol–water partition coefficient (Wildman–Crippen LogP) is 7.65. The highest BCUT2D eigenvalue weighted by Gasteiger charge is 2.18. The number of hydrogen-bond donors (Lipinski definition) is 0. The highest BCUT2D eigenvalue weighted by Crippen LogP contribution is 2.32. The van der Waals surface area contributed by atoms with Crippen molar-refractivity contribution in [1.82, 2.24) is 0 Å². The van der Waals surface area contributed by atoms with Crippen molar-refractivity contribution in [2.75, 3.05) is 0 Å². The summed E-state index contributed by atoms with van der Waals surface area (Å²) in [4.78, 5) is 12.3. The molecule has 168 valence electrons. The zero-order valence-corrected chi connectivity index (χ0v) is 19.3. The number of nitrogens with zero attached hydrogens (tertiary/aromatic N) is 1. The minimum atomic E-state index is -0.383. The van der Waals surface area contributed by atoms with Gasteiger partial charge in [-0.15, -0.1) is 0 Å². The van der Waals surface area contributed by atoms with Gasteiger partial charge in [-0.2, -0.15) is 5.26 Å². The second-order valence-corrected chi connectivity index (χ2v) is 8.97. The van der Waals surface area contributed by atoms with Crippen LogP contribution in [0.25, 0.3) is 0 Å². The van der Waals surface area contributed by atoms with E-state index in [0.717, 1.165) is 24.7 Å². The molecule has 1 aliphatic rings. The van der Waals surface area contributed by atoms with E-state index in [4.69, 9.17) is 10.00 Å². The highest BCUT2D eigenvalue weighted by molar-refractivity contribution is 5.91. The van der Waals surface area contributed by atoms with Crippen LogP contribution in [-0.2, 0) is 6.42 Å². The molecule has 0 saturated heterocycles. The minimum Gasteiger partial charge on any atom is -0.423 e. The molecular weight excluding hydrogens is 394 g/mol. The molecule has 3 heteroatoms. The third-order valence-electron chi connectivity index (χ3n) is 6.50. The zero-order chi connectivity index (χ0) is 22.6. The highest BCUT2D eigenvalue weighted by atomic mass is 16.5. The van der Waals surface area contributed by atoms with Gasteiger partial charge in [-0.05, 0) is 92.3 Å². The number of allylic oxidation sites excluding steroid dienone is 2. The van der Waals surface area contributed by atoms with Crippen LogP contribution in [0, 0.1) is 23.2 Å². The Bertz CT molecular complexity index is 898. The van der Waals surface area contributed by atoms with Crippen LogP contribution in [0.1, 0.15) is 86.2 Å². The van der Waals surface area contributed by atoms with E-state index in [-0.39, 0.29) is 5.97 Å². The SMILES string of the molecule is CCCCC[C@H]1CC[C@H](/C=C/CCc2ccc(C(=O)Oc3ccc(C#N)cc3)cc2)CC1. The Labute approximate surface area is 193 Å². The summed E-state index contributed by atoms with van der Waals surface area (Å²) < 4.78 is 5.38. The van der Waals surface area contributed by atoms with Crippen LogP contribution in [-0.4, -0.2) is 5.97 Å². The first-order chi connectivity index (χ1) is 15.7. The van der Waals surface area contributed by atoms with Crippen LogP contribution in [0.3, 0.4) is 0 Å². The summed E-state index contributed by atoms with van der Waals surface area (Å²) in [5, 5.41) is 8.84. The lowest BCUT2D eigenvalue weighted by Crippen LogP contribution is -2.13. The quantitative estimate of drug-likeness (QED) is 0.169. The zero-order valence-electron chi connectivity index (χ0n) is 19.3. The third-order valence-corrected chi connectivity index (χ3v) is 6.50. The molecule has 3 rings (SSSR count). The maximum absolute atomic E-state index is 12.3. The van der Waals surface area contributed by atoms with Gasteiger partial charge in [0.2, 0.25) is 0 Å². The molecular formula is C29H35NO2. The van der Waals surface area contributed by atoms with Gasteiger partial charge in [-0.1, -0.05) is 56.9 Å². The first kappa shape index (κ1) is 23.8. The number of unbranched alkanes of at least 4 members (excludes halogenated alkanes) is 2. The first-order valence-corrected chi connectivity index (χ1v) is 12.2. The van der Waals surface area contributed by atoms with Crippen molar-refractivity contribution >= 4 is 5.97 Å². The molecule has 0 amide bonds. The lowest BCUT2D eigenvalue weighted by molar-refractivity contribution is 0.0734. The van der Waals surface area contributed by atoms with Crippen LogP contribution < -0.4 is 4.74 Å². The molecule has 3 nitrogen and oxygen atoms in total. The molecule has 0 N–H and O–H groups in total. The molecule has 0 radical (unpaired) electrons. The van der Waals surface area contributed by atoms with Crippen LogP contribution in [0.4, 0.5) is 0 Å². The van der Waals surface area contributed by atoms with E-state index >= 15 is 0 Å². The summed E-state index contributed by atoms with van der Waals surface area (Å²) >= 11 is 0. The number of rotatable bonds is 10. The maximum Gasteiger partial charge on any atom is 0.343 e. The van der Waals surface area contributed by atoms with Crippen molar-refractivity contribution in [2.24, 2.45) is 11.8 Å². The Hall–Kier alpha value is -2.86. The van der Waals surface area contributed by atoms with Gasteiger partial charge < -0.3 is 4.74 Å². The molecule has 32 heavy (non-hydrogen) atoms. The van der Waals surface area contributed by atoms with Gasteiger partial charge in [0.1, 0.15) is 5.75 Å². The van der Waals surface area contributed by atoms with E-state index in [1.165, 1.54) is 56.9 Å². The lowest BCUT2D eigenvalue weighted by Gasteiger charge is -2.26. The van der Waals surface area contributed by atoms with E-state index in [0.29, 0.717) is 16.9 Å². The summed E-state index contributed by atoms with van der Waals surface area (Å²) in [6.07, 6.45) is 17.8. The van der Waals surface area contributed by atoms with Crippen molar-refractivity contribution in [3.8, 4) is 11.8 Å². The van der Waals surface area contributed by atoms with E-state index in [1.54, 1.807) is 24.3 Å². The topological polar surface area (TPSA) is 50.1 Å². The van der Waals surface area contributed by atoms with Gasteiger partial charge in [0.15, 0.2) is 0 Å². The van der Waals surface area contributed by atoms with E-state index in [9.17, 15) is 4.79 Å². The van der Waals surface area contributed by atoms with Gasteiger partial charge in [0.05, 0.1) is 17.2 Å². The Kier molecular flexibility index (Phi) is 9.57. The first-order valence-electron chi connectivity index (χ1n) is 12.2. The number of hydrogen-bond acceptors (Lipinski definition) is 3. The monoisotopic (exact) mass is 429 g/mol.